The second-order valence-corrected chi connectivity index (χ2v) is 3.92. The van der Waals surface area contributed by atoms with Crippen molar-refractivity contribution in [2.24, 2.45) is 0 Å². The van der Waals surface area contributed by atoms with Gasteiger partial charge in [-0.15, -0.1) is 0 Å². The summed E-state index contributed by atoms with van der Waals surface area (Å²) in [7, 11) is 0. The number of pyridine rings is 1. The van der Waals surface area contributed by atoms with Crippen molar-refractivity contribution in [1.82, 2.24) is 4.98 Å². The zero-order chi connectivity index (χ0) is 12.6. The van der Waals surface area contributed by atoms with Gasteiger partial charge in [-0.1, -0.05) is 18.2 Å². The van der Waals surface area contributed by atoms with E-state index in [4.69, 9.17) is 10.5 Å². The Morgan fingerprint density at radius 3 is 2.67 bits per heavy atom. The van der Waals surface area contributed by atoms with Crippen LogP contribution >= 0.6 is 0 Å². The van der Waals surface area contributed by atoms with Gasteiger partial charge < -0.3 is 15.8 Å². The van der Waals surface area contributed by atoms with Crippen LogP contribution in [-0.4, -0.2) is 18.1 Å². The summed E-state index contributed by atoms with van der Waals surface area (Å²) in [5.41, 5.74) is 6.23. The van der Waals surface area contributed by atoms with E-state index in [1.54, 1.807) is 6.20 Å². The highest BCUT2D eigenvalue weighted by Gasteiger charge is 1.94. The van der Waals surface area contributed by atoms with Gasteiger partial charge in [-0.3, -0.25) is 0 Å². The van der Waals surface area contributed by atoms with Gasteiger partial charge in [0, 0.05) is 6.54 Å². The molecule has 1 aromatic heterocycles. The van der Waals surface area contributed by atoms with Crippen LogP contribution in [0.4, 0.5) is 11.5 Å². The summed E-state index contributed by atoms with van der Waals surface area (Å²) in [6.07, 6.45) is 2.56. The summed E-state index contributed by atoms with van der Waals surface area (Å²) >= 11 is 0. The number of ether oxygens (including phenoxy) is 1. The number of para-hydroxylation sites is 1. The van der Waals surface area contributed by atoms with Crippen molar-refractivity contribution in [1.29, 1.82) is 0 Å². The van der Waals surface area contributed by atoms with E-state index in [2.05, 4.69) is 10.3 Å². The summed E-state index contributed by atoms with van der Waals surface area (Å²) in [5, 5.41) is 3.21. The molecule has 4 heteroatoms. The Morgan fingerprint density at radius 2 is 1.94 bits per heavy atom. The minimum atomic E-state index is 0.674. The molecule has 0 aliphatic rings. The Bertz CT molecular complexity index is 456. The van der Waals surface area contributed by atoms with Crippen LogP contribution in [0, 0.1) is 0 Å². The minimum Gasteiger partial charge on any atom is -0.494 e. The Hall–Kier alpha value is -2.23. The molecule has 18 heavy (non-hydrogen) atoms. The van der Waals surface area contributed by atoms with Crippen LogP contribution in [0.1, 0.15) is 6.42 Å². The van der Waals surface area contributed by atoms with Crippen LogP contribution in [0.25, 0.3) is 0 Å². The van der Waals surface area contributed by atoms with Crippen LogP contribution in [0.3, 0.4) is 0 Å². The molecule has 4 nitrogen and oxygen atoms in total. The number of aromatic nitrogens is 1. The Kier molecular flexibility index (Phi) is 4.41. The lowest BCUT2D eigenvalue weighted by molar-refractivity contribution is 0.315. The Labute approximate surface area is 107 Å². The van der Waals surface area contributed by atoms with E-state index >= 15 is 0 Å². The topological polar surface area (TPSA) is 60.2 Å². The van der Waals surface area contributed by atoms with Crippen LogP contribution in [0.2, 0.25) is 0 Å². The molecule has 0 saturated heterocycles. The first-order valence-electron chi connectivity index (χ1n) is 5.98. The van der Waals surface area contributed by atoms with Gasteiger partial charge in [0.25, 0.3) is 0 Å². The first-order valence-corrected chi connectivity index (χ1v) is 5.98. The molecule has 1 aromatic carbocycles. The minimum absolute atomic E-state index is 0.674. The summed E-state index contributed by atoms with van der Waals surface area (Å²) in [5.74, 6) is 1.74. The molecule has 0 bridgehead atoms. The van der Waals surface area contributed by atoms with Crippen molar-refractivity contribution in [3.63, 3.8) is 0 Å². The van der Waals surface area contributed by atoms with E-state index in [1.165, 1.54) is 0 Å². The van der Waals surface area contributed by atoms with E-state index in [-0.39, 0.29) is 0 Å². The maximum absolute atomic E-state index is 5.58. The molecule has 3 N–H and O–H groups in total. The fraction of sp³-hybridized carbons (Fsp3) is 0.214. The van der Waals surface area contributed by atoms with E-state index in [1.807, 2.05) is 42.5 Å². The van der Waals surface area contributed by atoms with Crippen LogP contribution < -0.4 is 15.8 Å². The number of hydrogen-bond donors (Lipinski definition) is 2. The van der Waals surface area contributed by atoms with Crippen molar-refractivity contribution >= 4 is 11.5 Å². The monoisotopic (exact) mass is 243 g/mol. The third-order valence-corrected chi connectivity index (χ3v) is 2.43. The highest BCUT2D eigenvalue weighted by atomic mass is 16.5. The number of hydrogen-bond acceptors (Lipinski definition) is 4. The van der Waals surface area contributed by atoms with Gasteiger partial charge in [-0.2, -0.15) is 0 Å². The normalized spacial score (nSPS) is 10.0. The van der Waals surface area contributed by atoms with Crippen molar-refractivity contribution in [2.45, 2.75) is 6.42 Å². The van der Waals surface area contributed by atoms with Crippen LogP contribution in [-0.2, 0) is 0 Å². The molecular weight excluding hydrogens is 226 g/mol. The van der Waals surface area contributed by atoms with Gasteiger partial charge in [0.2, 0.25) is 0 Å². The summed E-state index contributed by atoms with van der Waals surface area (Å²) in [6.45, 7) is 1.51. The molecule has 0 atom stereocenters. The molecule has 2 aromatic rings. The maximum atomic E-state index is 5.58. The molecule has 0 aliphatic heterocycles. The van der Waals surface area contributed by atoms with Crippen molar-refractivity contribution in [3.8, 4) is 5.75 Å². The average molecular weight is 243 g/mol. The quantitative estimate of drug-likeness (QED) is 0.765. The molecule has 0 aliphatic carbocycles. The van der Waals surface area contributed by atoms with Crippen molar-refractivity contribution < 1.29 is 4.74 Å². The Balaban J connectivity index is 1.63. The van der Waals surface area contributed by atoms with E-state index < -0.39 is 0 Å². The predicted octanol–water partition coefficient (Wildman–Crippen LogP) is 2.54. The standard InChI is InChI=1S/C14H17N3O/c15-12-7-8-14(17-11-12)16-9-4-10-18-13-5-2-1-3-6-13/h1-3,5-8,11H,4,9-10,15H2,(H,16,17). The third-order valence-electron chi connectivity index (χ3n) is 2.43. The number of nitrogens with zero attached hydrogens (tertiary/aromatic N) is 1. The number of benzene rings is 1. The second-order valence-electron chi connectivity index (χ2n) is 3.92. The fourth-order valence-electron chi connectivity index (χ4n) is 1.51. The first-order chi connectivity index (χ1) is 8.84. The summed E-state index contributed by atoms with van der Waals surface area (Å²) < 4.78 is 5.58. The molecule has 0 saturated carbocycles. The SMILES string of the molecule is Nc1ccc(NCCCOc2ccccc2)nc1. The largest absolute Gasteiger partial charge is 0.494 e. The van der Waals surface area contributed by atoms with Crippen molar-refractivity contribution in [3.05, 3.63) is 48.7 Å². The molecule has 94 valence electrons. The lowest BCUT2D eigenvalue weighted by Crippen LogP contribution is -2.08. The zero-order valence-electron chi connectivity index (χ0n) is 10.2. The van der Waals surface area contributed by atoms with Gasteiger partial charge in [-0.25, -0.2) is 4.98 Å². The first kappa shape index (κ1) is 12.2. The van der Waals surface area contributed by atoms with Gasteiger partial charge in [0.1, 0.15) is 11.6 Å². The van der Waals surface area contributed by atoms with Crippen LogP contribution in [0.15, 0.2) is 48.7 Å². The highest BCUT2D eigenvalue weighted by Crippen LogP contribution is 2.09. The molecule has 1 heterocycles. The molecular formula is C14H17N3O. The molecule has 0 unspecified atom stereocenters. The number of nitrogens with one attached hydrogen (secondary N) is 1. The average Bonchev–Trinajstić information content (AvgIpc) is 2.42. The van der Waals surface area contributed by atoms with E-state index in [9.17, 15) is 0 Å². The lowest BCUT2D eigenvalue weighted by Gasteiger charge is -2.07. The van der Waals surface area contributed by atoms with Gasteiger partial charge in [0.15, 0.2) is 0 Å². The molecule has 0 radical (unpaired) electrons. The lowest BCUT2D eigenvalue weighted by atomic mass is 10.3. The van der Waals surface area contributed by atoms with Gasteiger partial charge in [-0.05, 0) is 30.7 Å². The van der Waals surface area contributed by atoms with E-state index in [0.29, 0.717) is 12.3 Å². The number of nitrogen functional groups attached to an aromatic ring is 1. The van der Waals surface area contributed by atoms with Gasteiger partial charge >= 0.3 is 0 Å². The predicted molar refractivity (Wildman–Crippen MR) is 73.7 cm³/mol. The maximum Gasteiger partial charge on any atom is 0.126 e. The summed E-state index contributed by atoms with van der Waals surface area (Å²) in [6, 6.07) is 13.5. The van der Waals surface area contributed by atoms with Crippen LogP contribution in [0.5, 0.6) is 5.75 Å². The Morgan fingerprint density at radius 1 is 1.11 bits per heavy atom. The molecule has 0 spiro atoms. The molecule has 0 fully saturated rings. The van der Waals surface area contributed by atoms with Gasteiger partial charge in [0.05, 0.1) is 18.5 Å². The number of rotatable bonds is 6. The number of anilines is 2. The zero-order valence-corrected chi connectivity index (χ0v) is 10.2. The third kappa shape index (κ3) is 3.97. The smallest absolute Gasteiger partial charge is 0.126 e. The van der Waals surface area contributed by atoms with E-state index in [0.717, 1.165) is 24.5 Å². The van der Waals surface area contributed by atoms with Crippen molar-refractivity contribution in [2.75, 3.05) is 24.2 Å². The molecule has 2 rings (SSSR count). The fourth-order valence-corrected chi connectivity index (χ4v) is 1.51. The molecule has 0 amide bonds. The second kappa shape index (κ2) is 6.49. The number of nitrogens with two attached hydrogens (primary N) is 1. The highest BCUT2D eigenvalue weighted by molar-refractivity contribution is 5.43. The summed E-state index contributed by atoms with van der Waals surface area (Å²) in [4.78, 5) is 4.16.